The van der Waals surface area contributed by atoms with Gasteiger partial charge in [-0.1, -0.05) is 44.5 Å². The van der Waals surface area contributed by atoms with Crippen LogP contribution in [0.25, 0.3) is 0 Å². The van der Waals surface area contributed by atoms with Crippen molar-refractivity contribution in [1.29, 1.82) is 0 Å². The van der Waals surface area contributed by atoms with Crippen LogP contribution < -0.4 is 4.74 Å². The topological polar surface area (TPSA) is 63.6 Å². The molecule has 162 valence electrons. The Morgan fingerprint density at radius 3 is 2.10 bits per heavy atom. The van der Waals surface area contributed by atoms with Crippen molar-refractivity contribution in [3.8, 4) is 5.75 Å². The third kappa shape index (κ3) is 6.11. The Labute approximate surface area is 184 Å². The number of thioether (sulfide) groups is 1. The van der Waals surface area contributed by atoms with Gasteiger partial charge in [-0.2, -0.15) is 0 Å². The fourth-order valence-corrected chi connectivity index (χ4v) is 4.50. The van der Waals surface area contributed by atoms with Crippen LogP contribution in [-0.4, -0.2) is 29.7 Å². The maximum Gasteiger partial charge on any atom is 0.341 e. The number of Topliss-reactive ketones (excluding diaryl/α,β-unsaturated/α-hetero) is 1. The van der Waals surface area contributed by atoms with Crippen molar-refractivity contribution in [1.82, 2.24) is 0 Å². The molecule has 0 radical (unpaired) electrons. The molecule has 0 aliphatic carbocycles. The van der Waals surface area contributed by atoms with Crippen molar-refractivity contribution in [3.05, 3.63) is 58.7 Å². The molecule has 0 saturated heterocycles. The number of aryl methyl sites for hydroxylation is 2. The molecule has 0 bridgehead atoms. The first-order chi connectivity index (χ1) is 14.3. The van der Waals surface area contributed by atoms with E-state index >= 15 is 0 Å². The minimum Gasteiger partial charge on any atom is -0.481 e. The van der Waals surface area contributed by atoms with Crippen LogP contribution in [0.4, 0.5) is 0 Å². The molecular weight excluding hydrogens is 396 g/mol. The molecule has 5 heteroatoms. The number of ether oxygens (including phenoxy) is 1. The van der Waals surface area contributed by atoms with Gasteiger partial charge in [-0.3, -0.25) is 4.79 Å². The van der Waals surface area contributed by atoms with E-state index in [-0.39, 0.29) is 24.2 Å². The minimum atomic E-state index is -0.987. The first-order valence-corrected chi connectivity index (χ1v) is 11.7. The quantitative estimate of drug-likeness (QED) is 0.353. The first-order valence-electron chi connectivity index (χ1n) is 10.4. The molecule has 0 heterocycles. The van der Waals surface area contributed by atoms with Crippen LogP contribution in [0.2, 0.25) is 0 Å². The smallest absolute Gasteiger partial charge is 0.341 e. The summed E-state index contributed by atoms with van der Waals surface area (Å²) in [6.07, 6.45) is 4.56. The largest absolute Gasteiger partial charge is 0.481 e. The second-order valence-electron chi connectivity index (χ2n) is 7.72. The van der Waals surface area contributed by atoms with E-state index in [0.717, 1.165) is 46.4 Å². The van der Waals surface area contributed by atoms with Crippen molar-refractivity contribution in [2.45, 2.75) is 51.9 Å². The van der Waals surface area contributed by atoms with Gasteiger partial charge in [0.2, 0.25) is 0 Å². The highest BCUT2D eigenvalue weighted by molar-refractivity contribution is 7.98. The summed E-state index contributed by atoms with van der Waals surface area (Å²) in [6, 6.07) is 12.0. The van der Waals surface area contributed by atoms with E-state index in [4.69, 9.17) is 9.84 Å². The number of aliphatic carboxylic acids is 1. The van der Waals surface area contributed by atoms with E-state index < -0.39 is 5.97 Å². The molecule has 0 aliphatic rings. The summed E-state index contributed by atoms with van der Waals surface area (Å²) in [7, 11) is 0. The zero-order valence-electron chi connectivity index (χ0n) is 18.5. The molecule has 0 aliphatic heterocycles. The Kier molecular flexibility index (Phi) is 8.97. The molecule has 0 amide bonds. The molecular formula is C25H32O4S. The standard InChI is InChI=1S/C25H32O4S/c1-6-19(22(7-2)24(28)20-8-10-21(30-5)11-9-20)14-18-12-16(3)25(17(4)13-18)29-15-23(26)27/h8-13,19,22H,6-7,14-15H2,1-5H3,(H,26,27)/t19-,22+/m0/s1. The SMILES string of the molecule is CC[C@@H](Cc1cc(C)c(OCC(=O)O)c(C)c1)[C@@H](CC)C(=O)c1ccc(SC)cc1. The maximum atomic E-state index is 13.2. The molecule has 0 saturated carbocycles. The first kappa shape index (κ1) is 24.0. The second-order valence-corrected chi connectivity index (χ2v) is 8.60. The third-order valence-electron chi connectivity index (χ3n) is 5.60. The van der Waals surface area contributed by atoms with E-state index in [1.807, 2.05) is 44.4 Å². The van der Waals surface area contributed by atoms with Crippen molar-refractivity contribution >= 4 is 23.5 Å². The van der Waals surface area contributed by atoms with Gasteiger partial charge in [-0.25, -0.2) is 4.79 Å². The Balaban J connectivity index is 2.21. The molecule has 2 aromatic rings. The number of benzene rings is 2. The number of carbonyl (C=O) groups is 2. The lowest BCUT2D eigenvalue weighted by Gasteiger charge is -2.25. The second kappa shape index (κ2) is 11.2. The normalized spacial score (nSPS) is 13.0. The third-order valence-corrected chi connectivity index (χ3v) is 6.35. The van der Waals surface area contributed by atoms with Crippen LogP contribution in [0, 0.1) is 25.7 Å². The molecule has 0 spiro atoms. The van der Waals surface area contributed by atoms with E-state index in [2.05, 4.69) is 26.0 Å². The zero-order valence-corrected chi connectivity index (χ0v) is 19.3. The van der Waals surface area contributed by atoms with Crippen molar-refractivity contribution in [2.24, 2.45) is 11.8 Å². The van der Waals surface area contributed by atoms with Crippen LogP contribution in [0.3, 0.4) is 0 Å². The highest BCUT2D eigenvalue weighted by Crippen LogP contribution is 2.31. The van der Waals surface area contributed by atoms with Crippen LogP contribution in [0.15, 0.2) is 41.3 Å². The average molecular weight is 429 g/mol. The highest BCUT2D eigenvalue weighted by Gasteiger charge is 2.27. The van der Waals surface area contributed by atoms with E-state index in [0.29, 0.717) is 5.75 Å². The Bertz CT molecular complexity index is 850. The number of hydrogen-bond donors (Lipinski definition) is 1. The van der Waals surface area contributed by atoms with Gasteiger partial charge in [0, 0.05) is 16.4 Å². The average Bonchev–Trinajstić information content (AvgIpc) is 2.72. The molecule has 0 unspecified atom stereocenters. The number of carbonyl (C=O) groups excluding carboxylic acids is 1. The van der Waals surface area contributed by atoms with E-state index in [1.54, 1.807) is 11.8 Å². The van der Waals surface area contributed by atoms with E-state index in [9.17, 15) is 9.59 Å². The van der Waals surface area contributed by atoms with Gasteiger partial charge in [0.25, 0.3) is 0 Å². The summed E-state index contributed by atoms with van der Waals surface area (Å²) in [5, 5.41) is 8.87. The number of carboxylic acids is 1. The summed E-state index contributed by atoms with van der Waals surface area (Å²) in [5.41, 5.74) is 3.78. The van der Waals surface area contributed by atoms with Crippen LogP contribution in [-0.2, 0) is 11.2 Å². The highest BCUT2D eigenvalue weighted by atomic mass is 32.2. The summed E-state index contributed by atoms with van der Waals surface area (Å²) in [5.74, 6) is 0.0721. The van der Waals surface area contributed by atoms with Gasteiger partial charge in [-0.05, 0) is 67.7 Å². The van der Waals surface area contributed by atoms with E-state index in [1.165, 1.54) is 0 Å². The molecule has 0 aromatic heterocycles. The lowest BCUT2D eigenvalue weighted by Crippen LogP contribution is -2.25. The van der Waals surface area contributed by atoms with Gasteiger partial charge in [-0.15, -0.1) is 11.8 Å². The zero-order chi connectivity index (χ0) is 22.3. The maximum absolute atomic E-state index is 13.2. The van der Waals surface area contributed by atoms with Crippen molar-refractivity contribution in [2.75, 3.05) is 12.9 Å². The fraction of sp³-hybridized carbons (Fsp3) is 0.440. The summed E-state index contributed by atoms with van der Waals surface area (Å²) < 4.78 is 5.44. The molecule has 30 heavy (non-hydrogen) atoms. The Hall–Kier alpha value is -2.27. The van der Waals surface area contributed by atoms with Crippen molar-refractivity contribution < 1.29 is 19.4 Å². The van der Waals surface area contributed by atoms with Gasteiger partial charge in [0.15, 0.2) is 12.4 Å². The van der Waals surface area contributed by atoms with Gasteiger partial charge < -0.3 is 9.84 Å². The summed E-state index contributed by atoms with van der Waals surface area (Å²) in [6.45, 7) is 7.75. The molecule has 2 aromatic carbocycles. The molecule has 0 fully saturated rings. The Morgan fingerprint density at radius 1 is 1.03 bits per heavy atom. The monoisotopic (exact) mass is 428 g/mol. The van der Waals surface area contributed by atoms with Crippen LogP contribution in [0.1, 0.15) is 53.7 Å². The number of rotatable bonds is 11. The van der Waals surface area contributed by atoms with Gasteiger partial charge >= 0.3 is 5.97 Å². The number of carboxylic acid groups (broad SMARTS) is 1. The molecule has 1 N–H and O–H groups in total. The number of hydrogen-bond acceptors (Lipinski definition) is 4. The van der Waals surface area contributed by atoms with Crippen LogP contribution >= 0.6 is 11.8 Å². The fourth-order valence-electron chi connectivity index (χ4n) is 4.10. The number of ketones is 1. The lowest BCUT2D eigenvalue weighted by molar-refractivity contribution is -0.139. The predicted molar refractivity (Wildman–Crippen MR) is 123 cm³/mol. The van der Waals surface area contributed by atoms with Crippen LogP contribution in [0.5, 0.6) is 5.75 Å². The molecule has 4 nitrogen and oxygen atoms in total. The summed E-state index contributed by atoms with van der Waals surface area (Å²) >= 11 is 1.67. The Morgan fingerprint density at radius 2 is 1.63 bits per heavy atom. The minimum absolute atomic E-state index is 0.0290. The van der Waals surface area contributed by atoms with Gasteiger partial charge in [0.1, 0.15) is 5.75 Å². The van der Waals surface area contributed by atoms with Crippen molar-refractivity contribution in [3.63, 3.8) is 0 Å². The summed E-state index contributed by atoms with van der Waals surface area (Å²) in [4.78, 5) is 25.2. The molecule has 2 rings (SSSR count). The molecule has 2 atom stereocenters. The lowest BCUT2D eigenvalue weighted by atomic mass is 9.78. The van der Waals surface area contributed by atoms with Gasteiger partial charge in [0.05, 0.1) is 0 Å². The predicted octanol–water partition coefficient (Wildman–Crippen LogP) is 5.97.